The lowest BCUT2D eigenvalue weighted by molar-refractivity contribution is -0.143. The highest BCUT2D eigenvalue weighted by molar-refractivity contribution is 5.94. The molecular weight excluding hydrogens is 200 g/mol. The molecule has 1 aromatic heterocycles. The topological polar surface area (TPSA) is 92.4 Å². The maximum absolute atomic E-state index is 11.4. The molecule has 0 saturated carbocycles. The SMILES string of the molecule is Cc1coc(C(=O)NC(C)(C)C(=O)O)n1. The Balaban J connectivity index is 2.76. The van der Waals surface area contributed by atoms with Gasteiger partial charge in [-0.25, -0.2) is 9.78 Å². The van der Waals surface area contributed by atoms with Crippen molar-refractivity contribution in [3.8, 4) is 0 Å². The number of oxazole rings is 1. The van der Waals surface area contributed by atoms with E-state index in [0.29, 0.717) is 5.69 Å². The summed E-state index contributed by atoms with van der Waals surface area (Å²) in [6, 6.07) is 0. The van der Waals surface area contributed by atoms with E-state index >= 15 is 0 Å². The number of aryl methyl sites for hydroxylation is 1. The van der Waals surface area contributed by atoms with E-state index in [4.69, 9.17) is 9.52 Å². The van der Waals surface area contributed by atoms with Crippen molar-refractivity contribution in [2.75, 3.05) is 0 Å². The number of hydrogen-bond acceptors (Lipinski definition) is 4. The number of aliphatic carboxylic acids is 1. The number of amides is 1. The third kappa shape index (κ3) is 2.55. The fourth-order valence-electron chi connectivity index (χ4n) is 0.849. The van der Waals surface area contributed by atoms with Gasteiger partial charge in [-0.1, -0.05) is 0 Å². The van der Waals surface area contributed by atoms with Crippen molar-refractivity contribution < 1.29 is 19.1 Å². The fourth-order valence-corrected chi connectivity index (χ4v) is 0.849. The minimum Gasteiger partial charge on any atom is -0.480 e. The largest absolute Gasteiger partial charge is 0.480 e. The summed E-state index contributed by atoms with van der Waals surface area (Å²) in [6.45, 7) is 4.43. The number of carboxylic acid groups (broad SMARTS) is 1. The van der Waals surface area contributed by atoms with Crippen LogP contribution in [-0.2, 0) is 4.79 Å². The molecule has 0 aliphatic heterocycles. The first-order valence-electron chi connectivity index (χ1n) is 4.31. The lowest BCUT2D eigenvalue weighted by atomic mass is 10.1. The van der Waals surface area contributed by atoms with Crippen LogP contribution in [0.5, 0.6) is 0 Å². The van der Waals surface area contributed by atoms with Crippen molar-refractivity contribution in [1.29, 1.82) is 0 Å². The molecule has 0 aliphatic rings. The van der Waals surface area contributed by atoms with Crippen LogP contribution in [0.25, 0.3) is 0 Å². The molecule has 1 heterocycles. The summed E-state index contributed by atoms with van der Waals surface area (Å²) in [7, 11) is 0. The molecule has 82 valence electrons. The van der Waals surface area contributed by atoms with E-state index in [1.165, 1.54) is 20.1 Å². The number of hydrogen-bond donors (Lipinski definition) is 2. The predicted molar refractivity (Wildman–Crippen MR) is 50.4 cm³/mol. The van der Waals surface area contributed by atoms with Gasteiger partial charge in [-0.05, 0) is 20.8 Å². The number of rotatable bonds is 3. The Morgan fingerprint density at radius 2 is 2.13 bits per heavy atom. The van der Waals surface area contributed by atoms with E-state index in [2.05, 4.69) is 10.3 Å². The van der Waals surface area contributed by atoms with E-state index in [-0.39, 0.29) is 5.89 Å². The summed E-state index contributed by atoms with van der Waals surface area (Å²) in [5.74, 6) is -1.91. The van der Waals surface area contributed by atoms with E-state index < -0.39 is 17.4 Å². The molecule has 2 N–H and O–H groups in total. The minimum absolute atomic E-state index is 0.137. The Morgan fingerprint density at radius 3 is 2.53 bits per heavy atom. The lowest BCUT2D eigenvalue weighted by Gasteiger charge is -2.19. The van der Waals surface area contributed by atoms with Crippen LogP contribution < -0.4 is 5.32 Å². The van der Waals surface area contributed by atoms with Crippen molar-refractivity contribution in [2.24, 2.45) is 0 Å². The fraction of sp³-hybridized carbons (Fsp3) is 0.444. The zero-order valence-corrected chi connectivity index (χ0v) is 8.70. The van der Waals surface area contributed by atoms with Gasteiger partial charge in [0, 0.05) is 0 Å². The smallest absolute Gasteiger partial charge is 0.328 e. The molecule has 0 radical (unpaired) electrons. The summed E-state index contributed by atoms with van der Waals surface area (Å²) < 4.78 is 4.84. The third-order valence-corrected chi connectivity index (χ3v) is 1.77. The Bertz CT molecular complexity index is 395. The van der Waals surface area contributed by atoms with Crippen molar-refractivity contribution in [1.82, 2.24) is 10.3 Å². The van der Waals surface area contributed by atoms with E-state index in [9.17, 15) is 9.59 Å². The highest BCUT2D eigenvalue weighted by Gasteiger charge is 2.30. The predicted octanol–water partition coefficient (Wildman–Crippen LogP) is 0.576. The van der Waals surface area contributed by atoms with E-state index in [1.807, 2.05) is 0 Å². The highest BCUT2D eigenvalue weighted by Crippen LogP contribution is 2.06. The first kappa shape index (κ1) is 11.2. The molecule has 6 heteroatoms. The third-order valence-electron chi connectivity index (χ3n) is 1.77. The van der Waals surface area contributed by atoms with E-state index in [1.54, 1.807) is 6.92 Å². The van der Waals surface area contributed by atoms with Crippen LogP contribution in [0.3, 0.4) is 0 Å². The van der Waals surface area contributed by atoms with Crippen LogP contribution in [-0.4, -0.2) is 27.5 Å². The van der Waals surface area contributed by atoms with Crippen molar-refractivity contribution >= 4 is 11.9 Å². The molecule has 0 fully saturated rings. The number of aromatic nitrogens is 1. The molecule has 0 aliphatic carbocycles. The molecule has 15 heavy (non-hydrogen) atoms. The first-order chi connectivity index (χ1) is 6.83. The van der Waals surface area contributed by atoms with Crippen LogP contribution in [0.4, 0.5) is 0 Å². The number of carbonyl (C=O) groups is 2. The van der Waals surface area contributed by atoms with Crippen molar-refractivity contribution in [2.45, 2.75) is 26.3 Å². The molecule has 6 nitrogen and oxygen atoms in total. The normalized spacial score (nSPS) is 11.1. The average Bonchev–Trinajstić information content (AvgIpc) is 2.50. The lowest BCUT2D eigenvalue weighted by Crippen LogP contribution is -2.49. The zero-order valence-electron chi connectivity index (χ0n) is 8.70. The molecule has 0 bridgehead atoms. The molecule has 1 amide bonds. The molecule has 0 saturated heterocycles. The maximum atomic E-state index is 11.4. The average molecular weight is 212 g/mol. The van der Waals surface area contributed by atoms with Crippen molar-refractivity contribution in [3.63, 3.8) is 0 Å². The van der Waals surface area contributed by atoms with Gasteiger partial charge >= 0.3 is 11.9 Å². The van der Waals surface area contributed by atoms with Gasteiger partial charge in [0.05, 0.1) is 5.69 Å². The van der Waals surface area contributed by atoms with Crippen molar-refractivity contribution in [3.05, 3.63) is 17.8 Å². The molecular formula is C9H12N2O4. The van der Waals surface area contributed by atoms with Crippen LogP contribution in [0.1, 0.15) is 30.2 Å². The summed E-state index contributed by atoms with van der Waals surface area (Å²) in [6.07, 6.45) is 1.32. The van der Waals surface area contributed by atoms with Gasteiger partial charge in [-0.15, -0.1) is 0 Å². The van der Waals surface area contributed by atoms with Crippen LogP contribution in [0.2, 0.25) is 0 Å². The minimum atomic E-state index is -1.35. The second-order valence-corrected chi connectivity index (χ2v) is 3.68. The monoisotopic (exact) mass is 212 g/mol. The van der Waals surface area contributed by atoms with Gasteiger partial charge in [-0.2, -0.15) is 0 Å². The molecule has 0 atom stereocenters. The molecule has 0 aromatic carbocycles. The Hall–Kier alpha value is -1.85. The summed E-state index contributed by atoms with van der Waals surface area (Å²) >= 11 is 0. The maximum Gasteiger partial charge on any atom is 0.328 e. The Morgan fingerprint density at radius 1 is 1.53 bits per heavy atom. The Labute approximate surface area is 86.3 Å². The molecule has 0 unspecified atom stereocenters. The number of carbonyl (C=O) groups excluding carboxylic acids is 1. The highest BCUT2D eigenvalue weighted by atomic mass is 16.4. The standard InChI is InChI=1S/C9H12N2O4/c1-5-4-15-7(10-5)6(12)11-9(2,3)8(13)14/h4H,1-3H3,(H,11,12)(H,13,14). The molecule has 1 aromatic rings. The van der Waals surface area contributed by atoms with Gasteiger partial charge in [0.1, 0.15) is 11.8 Å². The first-order valence-corrected chi connectivity index (χ1v) is 4.31. The van der Waals surface area contributed by atoms with Gasteiger partial charge in [0.25, 0.3) is 5.89 Å². The molecule has 0 spiro atoms. The second kappa shape index (κ2) is 3.72. The van der Waals surface area contributed by atoms with E-state index in [0.717, 1.165) is 0 Å². The van der Waals surface area contributed by atoms with Crippen LogP contribution >= 0.6 is 0 Å². The van der Waals surface area contributed by atoms with Gasteiger partial charge < -0.3 is 14.8 Å². The number of nitrogens with one attached hydrogen (secondary N) is 1. The quantitative estimate of drug-likeness (QED) is 0.764. The number of carboxylic acids is 1. The van der Waals surface area contributed by atoms with Gasteiger partial charge in [0.15, 0.2) is 0 Å². The summed E-state index contributed by atoms with van der Waals surface area (Å²) in [4.78, 5) is 26.0. The van der Waals surface area contributed by atoms with Crippen LogP contribution in [0, 0.1) is 6.92 Å². The van der Waals surface area contributed by atoms with Crippen LogP contribution in [0.15, 0.2) is 10.7 Å². The number of nitrogens with zero attached hydrogens (tertiary/aromatic N) is 1. The van der Waals surface area contributed by atoms with Gasteiger partial charge in [-0.3, -0.25) is 4.79 Å². The molecule has 1 rings (SSSR count). The zero-order chi connectivity index (χ0) is 11.6. The Kier molecular flexibility index (Phi) is 2.78. The summed E-state index contributed by atoms with van der Waals surface area (Å²) in [5.41, 5.74) is -0.785. The van der Waals surface area contributed by atoms with Gasteiger partial charge in [0.2, 0.25) is 0 Å². The summed E-state index contributed by atoms with van der Waals surface area (Å²) in [5, 5.41) is 11.1. The second-order valence-electron chi connectivity index (χ2n) is 3.68.